The molecule has 2 aromatic heterocycles. The van der Waals surface area contributed by atoms with E-state index in [1.165, 1.54) is 27.6 Å². The largest absolute Gasteiger partial charge is 0.361 e. The molecule has 0 aliphatic rings. The van der Waals surface area contributed by atoms with Gasteiger partial charge in [-0.15, -0.1) is 0 Å². The Labute approximate surface area is 112 Å². The number of H-pyrrole nitrogens is 2. The van der Waals surface area contributed by atoms with Crippen molar-refractivity contribution in [3.8, 4) is 0 Å². The zero-order valence-electron chi connectivity index (χ0n) is 11.0. The fourth-order valence-corrected chi connectivity index (χ4v) is 2.57. The molecule has 0 spiro atoms. The van der Waals surface area contributed by atoms with Crippen molar-refractivity contribution in [2.24, 2.45) is 5.73 Å². The van der Waals surface area contributed by atoms with E-state index >= 15 is 0 Å². The van der Waals surface area contributed by atoms with Crippen LogP contribution in [0.2, 0.25) is 0 Å². The summed E-state index contributed by atoms with van der Waals surface area (Å²) >= 11 is 0. The van der Waals surface area contributed by atoms with Crippen molar-refractivity contribution in [2.45, 2.75) is 19.8 Å². The molecule has 3 aromatic rings. The van der Waals surface area contributed by atoms with Crippen molar-refractivity contribution in [2.75, 3.05) is 6.54 Å². The first-order valence-electron chi connectivity index (χ1n) is 6.56. The van der Waals surface area contributed by atoms with Gasteiger partial charge in [0.15, 0.2) is 0 Å². The van der Waals surface area contributed by atoms with Gasteiger partial charge in [-0.05, 0) is 30.2 Å². The number of nitrogens with one attached hydrogen (secondary N) is 2. The summed E-state index contributed by atoms with van der Waals surface area (Å²) in [4.78, 5) is 3.37. The highest BCUT2D eigenvalue weighted by atomic mass is 15.1. The molecule has 0 aliphatic heterocycles. The lowest BCUT2D eigenvalue weighted by Crippen LogP contribution is -2.05. The first-order valence-corrected chi connectivity index (χ1v) is 6.56. The molecule has 0 amide bonds. The van der Waals surface area contributed by atoms with E-state index < -0.39 is 0 Å². The molecule has 19 heavy (non-hydrogen) atoms. The van der Waals surface area contributed by atoms with E-state index in [4.69, 9.17) is 5.73 Å². The van der Waals surface area contributed by atoms with Crippen LogP contribution in [0.25, 0.3) is 10.9 Å². The van der Waals surface area contributed by atoms with Crippen LogP contribution in [0.5, 0.6) is 0 Å². The molecule has 0 saturated heterocycles. The molecule has 0 bridgehead atoms. The average molecular weight is 254 g/mol. The molecule has 2 heterocycles. The third-order valence-corrected chi connectivity index (χ3v) is 3.59. The van der Waals surface area contributed by atoms with Crippen LogP contribution in [-0.4, -0.2) is 21.7 Å². The fourth-order valence-electron chi connectivity index (χ4n) is 2.57. The Bertz CT molecular complexity index is 693. The number of hydrogen-bond acceptors (Lipinski definition) is 2. The first kappa shape index (κ1) is 12.0. The van der Waals surface area contributed by atoms with Gasteiger partial charge >= 0.3 is 0 Å². The minimum atomic E-state index is 0.641. The zero-order chi connectivity index (χ0) is 13.2. The smallest absolute Gasteiger partial charge is 0.0525 e. The fraction of sp³-hybridized carbons (Fsp3) is 0.267. The van der Waals surface area contributed by atoms with Gasteiger partial charge in [0.2, 0.25) is 0 Å². The van der Waals surface area contributed by atoms with Crippen LogP contribution >= 0.6 is 0 Å². The second kappa shape index (κ2) is 4.90. The second-order valence-electron chi connectivity index (χ2n) is 4.90. The molecular weight excluding hydrogens is 236 g/mol. The third-order valence-electron chi connectivity index (χ3n) is 3.59. The topological polar surface area (TPSA) is 70.5 Å². The number of rotatable bonds is 4. The van der Waals surface area contributed by atoms with Crippen molar-refractivity contribution >= 4 is 10.9 Å². The highest BCUT2D eigenvalue weighted by molar-refractivity contribution is 5.86. The predicted octanol–water partition coefficient (Wildman–Crippen LogP) is 2.29. The number of hydrogen-bond donors (Lipinski definition) is 3. The number of aryl methyl sites for hydroxylation is 1. The van der Waals surface area contributed by atoms with Crippen LogP contribution in [0.3, 0.4) is 0 Å². The maximum absolute atomic E-state index is 5.62. The van der Waals surface area contributed by atoms with E-state index in [1.54, 1.807) is 0 Å². The Morgan fingerprint density at radius 1 is 1.26 bits per heavy atom. The Hall–Kier alpha value is -2.07. The number of benzene rings is 1. The summed E-state index contributed by atoms with van der Waals surface area (Å²) in [6.45, 7) is 2.77. The summed E-state index contributed by atoms with van der Waals surface area (Å²) in [5, 5.41) is 8.46. The van der Waals surface area contributed by atoms with Crippen molar-refractivity contribution in [3.05, 3.63) is 53.0 Å². The van der Waals surface area contributed by atoms with Crippen LogP contribution in [0.15, 0.2) is 30.6 Å². The van der Waals surface area contributed by atoms with E-state index in [0.717, 1.165) is 18.5 Å². The van der Waals surface area contributed by atoms with Crippen molar-refractivity contribution in [1.82, 2.24) is 15.2 Å². The number of para-hydroxylation sites is 1. The van der Waals surface area contributed by atoms with Gasteiger partial charge < -0.3 is 10.7 Å². The minimum absolute atomic E-state index is 0.641. The Kier molecular flexibility index (Phi) is 3.09. The van der Waals surface area contributed by atoms with Crippen LogP contribution in [0.1, 0.15) is 22.4 Å². The van der Waals surface area contributed by atoms with Gasteiger partial charge in [0.1, 0.15) is 0 Å². The molecule has 4 nitrogen and oxygen atoms in total. The van der Waals surface area contributed by atoms with Crippen LogP contribution in [0, 0.1) is 6.92 Å². The molecule has 4 N–H and O–H groups in total. The second-order valence-corrected chi connectivity index (χ2v) is 4.90. The van der Waals surface area contributed by atoms with Crippen LogP contribution in [0.4, 0.5) is 0 Å². The van der Waals surface area contributed by atoms with E-state index in [0.29, 0.717) is 6.54 Å². The SMILES string of the molecule is Cc1cccc2c(Cc3cn[nH]c3CCN)c[nH]c12. The van der Waals surface area contributed by atoms with Gasteiger partial charge in [0.05, 0.1) is 6.20 Å². The van der Waals surface area contributed by atoms with E-state index in [2.05, 4.69) is 46.5 Å². The molecule has 0 fully saturated rings. The third kappa shape index (κ3) is 2.15. The lowest BCUT2D eigenvalue weighted by Gasteiger charge is -2.02. The lowest BCUT2D eigenvalue weighted by molar-refractivity contribution is 0.890. The van der Waals surface area contributed by atoms with Gasteiger partial charge in [-0.2, -0.15) is 5.10 Å². The summed E-state index contributed by atoms with van der Waals surface area (Å²) in [6.07, 6.45) is 5.72. The summed E-state index contributed by atoms with van der Waals surface area (Å²) < 4.78 is 0. The van der Waals surface area contributed by atoms with Crippen molar-refractivity contribution in [1.29, 1.82) is 0 Å². The number of nitrogens with two attached hydrogens (primary N) is 1. The Balaban J connectivity index is 1.97. The van der Waals surface area contributed by atoms with E-state index in [-0.39, 0.29) is 0 Å². The van der Waals surface area contributed by atoms with Crippen molar-refractivity contribution in [3.63, 3.8) is 0 Å². The van der Waals surface area contributed by atoms with E-state index in [1.807, 2.05) is 6.20 Å². The minimum Gasteiger partial charge on any atom is -0.361 e. The predicted molar refractivity (Wildman–Crippen MR) is 77.2 cm³/mol. The Morgan fingerprint density at radius 3 is 3.00 bits per heavy atom. The average Bonchev–Trinajstić information content (AvgIpc) is 3.00. The van der Waals surface area contributed by atoms with Crippen molar-refractivity contribution < 1.29 is 0 Å². The molecule has 0 atom stereocenters. The molecule has 0 unspecified atom stereocenters. The maximum Gasteiger partial charge on any atom is 0.0525 e. The molecule has 0 aliphatic carbocycles. The number of fused-ring (bicyclic) bond motifs is 1. The zero-order valence-corrected chi connectivity index (χ0v) is 11.0. The van der Waals surface area contributed by atoms with Gasteiger partial charge in [-0.3, -0.25) is 5.10 Å². The molecule has 4 heteroatoms. The molecule has 0 saturated carbocycles. The molecule has 3 rings (SSSR count). The summed E-state index contributed by atoms with van der Waals surface area (Å²) in [5.74, 6) is 0. The molecular formula is C15H18N4. The maximum atomic E-state index is 5.62. The Morgan fingerprint density at radius 2 is 2.16 bits per heavy atom. The molecule has 1 aromatic carbocycles. The van der Waals surface area contributed by atoms with Crippen LogP contribution in [-0.2, 0) is 12.8 Å². The normalized spacial score (nSPS) is 11.3. The number of aromatic nitrogens is 3. The highest BCUT2D eigenvalue weighted by Crippen LogP contribution is 2.24. The summed E-state index contributed by atoms with van der Waals surface area (Å²) in [7, 11) is 0. The van der Waals surface area contributed by atoms with Gasteiger partial charge in [-0.25, -0.2) is 0 Å². The lowest BCUT2D eigenvalue weighted by atomic mass is 10.0. The molecule has 98 valence electrons. The monoisotopic (exact) mass is 254 g/mol. The first-order chi connectivity index (χ1) is 9.29. The van der Waals surface area contributed by atoms with E-state index in [9.17, 15) is 0 Å². The quantitative estimate of drug-likeness (QED) is 0.668. The van der Waals surface area contributed by atoms with Gasteiger partial charge in [-0.1, -0.05) is 18.2 Å². The van der Waals surface area contributed by atoms with Gasteiger partial charge in [0, 0.05) is 35.6 Å². The van der Waals surface area contributed by atoms with Crippen LogP contribution < -0.4 is 5.73 Å². The highest BCUT2D eigenvalue weighted by Gasteiger charge is 2.10. The van der Waals surface area contributed by atoms with Gasteiger partial charge in [0.25, 0.3) is 0 Å². The summed E-state index contributed by atoms with van der Waals surface area (Å²) in [5.41, 5.74) is 11.8. The molecule has 0 radical (unpaired) electrons. The number of nitrogens with zero attached hydrogens (tertiary/aromatic N) is 1. The standard InChI is InChI=1S/C15H18N4/c1-10-3-2-4-13-11(8-17-15(10)13)7-12-9-18-19-14(12)5-6-16/h2-4,8-9,17H,5-7,16H2,1H3,(H,18,19). The number of aromatic amines is 2. The summed E-state index contributed by atoms with van der Waals surface area (Å²) in [6, 6.07) is 6.39.